The summed E-state index contributed by atoms with van der Waals surface area (Å²) in [6, 6.07) is 16.9. The van der Waals surface area contributed by atoms with E-state index in [1.807, 2.05) is 48.5 Å². The van der Waals surface area contributed by atoms with Crippen LogP contribution >= 0.6 is 0 Å². The SMILES string of the molecule is CC(=O)Oc1ccc(C[N+]2(C)C3CCC2CC(OC(=O)/C=C/C(=O)OC2CC4CCC(C2)[N+]4(C)Cc2ccc(OC(C)=O)cc2)C3)cc1. The van der Waals surface area contributed by atoms with E-state index in [-0.39, 0.29) is 24.1 Å². The highest BCUT2D eigenvalue weighted by Crippen LogP contribution is 2.45. The average Bonchev–Trinajstić information content (AvgIpc) is 3.27. The second-order valence-electron chi connectivity index (χ2n) is 14.6. The Bertz CT molecular complexity index is 1410. The molecule has 0 aliphatic carbocycles. The zero-order valence-electron chi connectivity index (χ0n) is 28.5. The summed E-state index contributed by atoms with van der Waals surface area (Å²) in [5.41, 5.74) is 2.37. The number of carbonyl (C=O) groups excluding carboxylic acids is 4. The van der Waals surface area contributed by atoms with Crippen molar-refractivity contribution in [2.45, 2.75) is 115 Å². The van der Waals surface area contributed by atoms with Crippen molar-refractivity contribution in [3.63, 3.8) is 0 Å². The fourth-order valence-corrected chi connectivity index (χ4v) is 9.08. The van der Waals surface area contributed by atoms with Gasteiger partial charge in [0.15, 0.2) is 0 Å². The van der Waals surface area contributed by atoms with Gasteiger partial charge in [0, 0.05) is 88.5 Å². The number of nitrogens with zero attached hydrogens (tertiary/aromatic N) is 2. The predicted molar refractivity (Wildman–Crippen MR) is 176 cm³/mol. The van der Waals surface area contributed by atoms with Gasteiger partial charge in [-0.1, -0.05) is 0 Å². The van der Waals surface area contributed by atoms with Crippen LogP contribution in [0, 0.1) is 0 Å². The third kappa shape index (κ3) is 7.50. The van der Waals surface area contributed by atoms with E-state index in [0.717, 1.165) is 73.4 Å². The van der Waals surface area contributed by atoms with Gasteiger partial charge in [0.1, 0.15) is 36.8 Å². The molecule has 0 spiro atoms. The number of hydrogen-bond acceptors (Lipinski definition) is 8. The lowest BCUT2D eigenvalue weighted by Gasteiger charge is -2.47. The minimum atomic E-state index is -0.499. The Morgan fingerprint density at radius 1 is 0.583 bits per heavy atom. The molecule has 10 heteroatoms. The molecule has 10 nitrogen and oxygen atoms in total. The van der Waals surface area contributed by atoms with Gasteiger partial charge >= 0.3 is 23.9 Å². The molecule has 0 N–H and O–H groups in total. The first kappa shape index (κ1) is 33.9. The third-order valence-electron chi connectivity index (χ3n) is 11.5. The lowest BCUT2D eigenvalue weighted by atomic mass is 9.95. The molecule has 6 rings (SSSR count). The van der Waals surface area contributed by atoms with Crippen LogP contribution < -0.4 is 9.47 Å². The quantitative estimate of drug-likeness (QED) is 0.149. The molecule has 4 heterocycles. The van der Waals surface area contributed by atoms with Gasteiger partial charge in [0.25, 0.3) is 0 Å². The molecule has 4 unspecified atom stereocenters. The van der Waals surface area contributed by atoms with Gasteiger partial charge in [-0.3, -0.25) is 9.59 Å². The second kappa shape index (κ2) is 13.8. The Morgan fingerprint density at radius 3 is 1.19 bits per heavy atom. The van der Waals surface area contributed by atoms with Crippen molar-refractivity contribution in [2.75, 3.05) is 14.1 Å². The topological polar surface area (TPSA) is 105 Å². The van der Waals surface area contributed by atoms with Crippen molar-refractivity contribution in [3.05, 3.63) is 71.8 Å². The number of benzene rings is 2. The van der Waals surface area contributed by atoms with E-state index in [4.69, 9.17) is 18.9 Å². The van der Waals surface area contributed by atoms with Gasteiger partial charge in [-0.2, -0.15) is 0 Å². The molecule has 2 aromatic rings. The highest BCUT2D eigenvalue weighted by Gasteiger charge is 2.53. The highest BCUT2D eigenvalue weighted by atomic mass is 16.6. The molecular weight excluding hydrogens is 612 g/mol. The zero-order valence-corrected chi connectivity index (χ0v) is 28.5. The molecule has 0 aromatic heterocycles. The summed E-state index contributed by atoms with van der Waals surface area (Å²) in [7, 11) is 4.58. The lowest BCUT2D eigenvalue weighted by Crippen LogP contribution is -2.58. The van der Waals surface area contributed by atoms with Gasteiger partial charge in [-0.25, -0.2) is 9.59 Å². The first-order chi connectivity index (χ1) is 22.9. The van der Waals surface area contributed by atoms with Gasteiger partial charge in [-0.15, -0.1) is 0 Å². The number of carbonyl (C=O) groups is 4. The number of ether oxygens (including phenoxy) is 4. The van der Waals surface area contributed by atoms with Gasteiger partial charge in [-0.05, 0) is 48.5 Å². The van der Waals surface area contributed by atoms with Crippen molar-refractivity contribution >= 4 is 23.9 Å². The van der Waals surface area contributed by atoms with E-state index in [1.165, 1.54) is 37.1 Å². The minimum absolute atomic E-state index is 0.171. The Labute approximate surface area is 282 Å². The normalized spacial score (nSPS) is 32.1. The molecule has 48 heavy (non-hydrogen) atoms. The Kier molecular flexibility index (Phi) is 9.76. The van der Waals surface area contributed by atoms with Crippen molar-refractivity contribution in [3.8, 4) is 11.5 Å². The summed E-state index contributed by atoms with van der Waals surface area (Å²) in [6.07, 6.45) is 9.62. The van der Waals surface area contributed by atoms with Crippen molar-refractivity contribution < 1.29 is 47.1 Å². The summed E-state index contributed by atoms with van der Waals surface area (Å²) in [5, 5.41) is 0. The van der Waals surface area contributed by atoms with E-state index in [1.54, 1.807) is 0 Å². The van der Waals surface area contributed by atoms with Crippen LogP contribution in [0.2, 0.25) is 0 Å². The van der Waals surface area contributed by atoms with Crippen molar-refractivity contribution in [1.82, 2.24) is 0 Å². The smallest absolute Gasteiger partial charge is 0.331 e. The number of hydrogen-bond donors (Lipinski definition) is 0. The van der Waals surface area contributed by atoms with Crippen LogP contribution in [0.1, 0.15) is 76.3 Å². The maximum atomic E-state index is 12.8. The molecular formula is C38H48N2O8+2. The molecule has 4 aliphatic heterocycles. The molecule has 4 aliphatic rings. The van der Waals surface area contributed by atoms with Crippen LogP contribution in [0.15, 0.2) is 60.7 Å². The van der Waals surface area contributed by atoms with Gasteiger partial charge in [0.2, 0.25) is 0 Å². The third-order valence-corrected chi connectivity index (χ3v) is 11.5. The minimum Gasteiger partial charge on any atom is -0.459 e. The lowest BCUT2D eigenvalue weighted by molar-refractivity contribution is -0.961. The van der Waals surface area contributed by atoms with E-state index in [9.17, 15) is 19.2 Å². The molecule has 4 bridgehead atoms. The maximum absolute atomic E-state index is 12.8. The van der Waals surface area contributed by atoms with E-state index in [0.29, 0.717) is 35.7 Å². The molecule has 0 saturated carbocycles. The predicted octanol–water partition coefficient (Wildman–Crippen LogP) is 5.16. The summed E-state index contributed by atoms with van der Waals surface area (Å²) in [6.45, 7) is 4.53. The molecule has 256 valence electrons. The summed E-state index contributed by atoms with van der Waals surface area (Å²) < 4.78 is 23.9. The number of esters is 4. The summed E-state index contributed by atoms with van der Waals surface area (Å²) in [5.74, 6) is -0.569. The summed E-state index contributed by atoms with van der Waals surface area (Å²) in [4.78, 5) is 48.0. The van der Waals surface area contributed by atoms with E-state index < -0.39 is 11.9 Å². The molecule has 2 aromatic carbocycles. The summed E-state index contributed by atoms with van der Waals surface area (Å²) >= 11 is 0. The maximum Gasteiger partial charge on any atom is 0.331 e. The zero-order chi connectivity index (χ0) is 34.1. The van der Waals surface area contributed by atoms with Crippen LogP contribution in [-0.4, -0.2) is 83.3 Å². The fraction of sp³-hybridized carbons (Fsp3) is 0.526. The molecule has 4 saturated heterocycles. The number of quaternary nitrogens is 2. The van der Waals surface area contributed by atoms with Gasteiger partial charge in [0.05, 0.1) is 38.3 Å². The van der Waals surface area contributed by atoms with Crippen LogP contribution in [0.5, 0.6) is 11.5 Å². The monoisotopic (exact) mass is 660 g/mol. The van der Waals surface area contributed by atoms with Crippen molar-refractivity contribution in [2.24, 2.45) is 0 Å². The van der Waals surface area contributed by atoms with Crippen LogP contribution in [0.4, 0.5) is 0 Å². The standard InChI is InChI=1S/C38H48N2O8/c1-25(41)45-33-13-5-27(6-14-33)23-39(3)29-9-10-30(39)20-35(19-29)47-37(43)17-18-38(44)48-36-21-31-11-12-32(22-36)40(31,4)24-28-7-15-34(16-8-28)46-26(2)42/h5-8,13-18,29-32,35-36H,9-12,19-24H2,1-4H3/q+2/b18-17+. The fourth-order valence-electron chi connectivity index (χ4n) is 9.08. The van der Waals surface area contributed by atoms with Gasteiger partial charge < -0.3 is 27.9 Å². The largest absolute Gasteiger partial charge is 0.459 e. The number of fused-ring (bicyclic) bond motifs is 4. The first-order valence-electron chi connectivity index (χ1n) is 17.2. The van der Waals surface area contributed by atoms with Crippen LogP contribution in [0.3, 0.4) is 0 Å². The van der Waals surface area contributed by atoms with E-state index >= 15 is 0 Å². The van der Waals surface area contributed by atoms with E-state index in [2.05, 4.69) is 14.1 Å². The second-order valence-corrected chi connectivity index (χ2v) is 14.6. The Hall–Kier alpha value is -4.02. The highest BCUT2D eigenvalue weighted by molar-refractivity contribution is 5.91. The van der Waals surface area contributed by atoms with Crippen LogP contribution in [-0.2, 0) is 41.7 Å². The van der Waals surface area contributed by atoms with Crippen LogP contribution in [0.25, 0.3) is 0 Å². The Morgan fingerprint density at radius 2 is 0.896 bits per heavy atom. The molecule has 0 amide bonds. The molecule has 4 fully saturated rings. The Balaban J connectivity index is 0.960. The van der Waals surface area contributed by atoms with Crippen molar-refractivity contribution in [1.29, 1.82) is 0 Å². The average molecular weight is 661 g/mol. The number of piperidine rings is 2. The first-order valence-corrected chi connectivity index (χ1v) is 17.2. The molecule has 4 atom stereocenters. The molecule has 0 radical (unpaired) electrons. The number of rotatable bonds is 10.